The van der Waals surface area contributed by atoms with E-state index in [-0.39, 0.29) is 6.10 Å². The molecule has 1 fully saturated rings. The van der Waals surface area contributed by atoms with E-state index in [9.17, 15) is 0 Å². The fourth-order valence-electron chi connectivity index (χ4n) is 3.61. The lowest BCUT2D eigenvalue weighted by atomic mass is 10.2. The van der Waals surface area contributed by atoms with Gasteiger partial charge in [0.2, 0.25) is 0 Å². The Morgan fingerprint density at radius 1 is 1.18 bits per heavy atom. The van der Waals surface area contributed by atoms with Crippen LogP contribution in [0.3, 0.4) is 0 Å². The van der Waals surface area contributed by atoms with Gasteiger partial charge in [-0.25, -0.2) is 9.97 Å². The van der Waals surface area contributed by atoms with Crippen molar-refractivity contribution in [2.24, 2.45) is 0 Å². The third-order valence-electron chi connectivity index (χ3n) is 4.92. The molecular weight excluding hydrogens is 370 g/mol. The van der Waals surface area contributed by atoms with Gasteiger partial charge in [-0.15, -0.1) is 11.3 Å². The highest BCUT2D eigenvalue weighted by Crippen LogP contribution is 2.30. The summed E-state index contributed by atoms with van der Waals surface area (Å²) in [6.45, 7) is 5.07. The van der Waals surface area contributed by atoms with Crippen molar-refractivity contribution in [1.82, 2.24) is 19.7 Å². The van der Waals surface area contributed by atoms with Crippen LogP contribution in [-0.2, 0) is 11.3 Å². The number of aromatic nitrogens is 4. The molecule has 0 radical (unpaired) electrons. The summed E-state index contributed by atoms with van der Waals surface area (Å²) in [6, 6.07) is 12.3. The Morgan fingerprint density at radius 2 is 2.11 bits per heavy atom. The van der Waals surface area contributed by atoms with Gasteiger partial charge in [-0.3, -0.25) is 4.68 Å². The van der Waals surface area contributed by atoms with E-state index in [2.05, 4.69) is 46.7 Å². The summed E-state index contributed by atoms with van der Waals surface area (Å²) in [7, 11) is 0. The molecule has 7 heteroatoms. The minimum Gasteiger partial charge on any atom is -0.373 e. The van der Waals surface area contributed by atoms with E-state index < -0.39 is 0 Å². The van der Waals surface area contributed by atoms with E-state index in [4.69, 9.17) is 14.7 Å². The minimum absolute atomic E-state index is 0.0759. The zero-order valence-electron chi connectivity index (χ0n) is 15.7. The fourth-order valence-corrected chi connectivity index (χ4v) is 4.27. The number of benzene rings is 1. The minimum atomic E-state index is 0.0759. The molecule has 1 aliphatic rings. The molecule has 3 aromatic heterocycles. The maximum atomic E-state index is 6.01. The highest BCUT2D eigenvalue weighted by molar-refractivity contribution is 7.13. The van der Waals surface area contributed by atoms with Gasteiger partial charge in [0.15, 0.2) is 5.82 Å². The van der Waals surface area contributed by atoms with Gasteiger partial charge in [0, 0.05) is 24.7 Å². The SMILES string of the molecule is Cc1cnn(CC2CN(c3nc(-c4cccs4)nc4ccccc34)CCO2)c1. The lowest BCUT2D eigenvalue weighted by molar-refractivity contribution is 0.0273. The summed E-state index contributed by atoms with van der Waals surface area (Å²) in [5.41, 5.74) is 2.14. The fraction of sp³-hybridized carbons (Fsp3) is 0.286. The first-order valence-electron chi connectivity index (χ1n) is 9.42. The monoisotopic (exact) mass is 391 g/mol. The van der Waals surface area contributed by atoms with E-state index in [1.54, 1.807) is 11.3 Å². The van der Waals surface area contributed by atoms with E-state index in [1.807, 2.05) is 29.1 Å². The molecule has 1 atom stereocenters. The molecule has 4 heterocycles. The van der Waals surface area contributed by atoms with Crippen molar-refractivity contribution in [2.45, 2.75) is 19.6 Å². The standard InChI is InChI=1S/C21H21N5OS/c1-15-11-22-26(12-15)14-16-13-25(8-9-27-16)21-17-5-2-3-6-18(17)23-20(24-21)19-7-4-10-28-19/h2-7,10-12,16H,8-9,13-14H2,1H3. The molecule has 1 aliphatic heterocycles. The van der Waals surface area contributed by atoms with Crippen LogP contribution in [0.5, 0.6) is 0 Å². The van der Waals surface area contributed by atoms with Crippen LogP contribution >= 0.6 is 11.3 Å². The van der Waals surface area contributed by atoms with Crippen LogP contribution in [0.15, 0.2) is 54.2 Å². The molecule has 0 amide bonds. The molecule has 4 aromatic rings. The second-order valence-electron chi connectivity index (χ2n) is 7.04. The number of thiophene rings is 1. The first-order chi connectivity index (χ1) is 13.8. The topological polar surface area (TPSA) is 56.1 Å². The Bertz CT molecular complexity index is 1090. The van der Waals surface area contributed by atoms with Gasteiger partial charge in [0.25, 0.3) is 0 Å². The number of aryl methyl sites for hydroxylation is 1. The Morgan fingerprint density at radius 3 is 2.93 bits per heavy atom. The van der Waals surface area contributed by atoms with Gasteiger partial charge in [-0.1, -0.05) is 18.2 Å². The summed E-state index contributed by atoms with van der Waals surface area (Å²) in [6.07, 6.45) is 4.01. The highest BCUT2D eigenvalue weighted by atomic mass is 32.1. The number of hydrogen-bond acceptors (Lipinski definition) is 6. The molecule has 0 spiro atoms. The molecule has 1 saturated heterocycles. The van der Waals surface area contributed by atoms with Crippen LogP contribution in [0.4, 0.5) is 5.82 Å². The van der Waals surface area contributed by atoms with Crippen LogP contribution in [0.1, 0.15) is 5.56 Å². The summed E-state index contributed by atoms with van der Waals surface area (Å²) in [4.78, 5) is 13.2. The maximum Gasteiger partial charge on any atom is 0.172 e. The number of anilines is 1. The van der Waals surface area contributed by atoms with Crippen molar-refractivity contribution < 1.29 is 4.74 Å². The van der Waals surface area contributed by atoms with Crippen molar-refractivity contribution >= 4 is 28.1 Å². The quantitative estimate of drug-likeness (QED) is 0.530. The Labute approximate surface area is 167 Å². The predicted octanol–water partition coefficient (Wildman–Crippen LogP) is 3.77. The van der Waals surface area contributed by atoms with Crippen molar-refractivity contribution in [3.63, 3.8) is 0 Å². The van der Waals surface area contributed by atoms with E-state index >= 15 is 0 Å². The Kier molecular flexibility index (Phi) is 4.54. The number of morpholine rings is 1. The number of ether oxygens (including phenoxy) is 1. The summed E-state index contributed by atoms with van der Waals surface area (Å²) in [5.74, 6) is 1.77. The van der Waals surface area contributed by atoms with Crippen molar-refractivity contribution in [3.8, 4) is 10.7 Å². The average Bonchev–Trinajstić information content (AvgIpc) is 3.39. The van der Waals surface area contributed by atoms with Crippen LogP contribution < -0.4 is 4.90 Å². The van der Waals surface area contributed by atoms with E-state index in [0.29, 0.717) is 6.61 Å². The van der Waals surface area contributed by atoms with Gasteiger partial charge in [-0.05, 0) is 36.1 Å². The Balaban J connectivity index is 1.49. The van der Waals surface area contributed by atoms with E-state index in [1.165, 1.54) is 0 Å². The van der Waals surface area contributed by atoms with Crippen LogP contribution in [0.25, 0.3) is 21.6 Å². The first kappa shape index (κ1) is 17.3. The van der Waals surface area contributed by atoms with Crippen molar-refractivity contribution in [3.05, 3.63) is 59.7 Å². The largest absolute Gasteiger partial charge is 0.373 e. The van der Waals surface area contributed by atoms with Crippen LogP contribution in [-0.4, -0.2) is 45.5 Å². The van der Waals surface area contributed by atoms with Crippen LogP contribution in [0, 0.1) is 6.92 Å². The second kappa shape index (κ2) is 7.33. The third kappa shape index (κ3) is 3.39. The molecule has 0 N–H and O–H groups in total. The highest BCUT2D eigenvalue weighted by Gasteiger charge is 2.24. The molecule has 6 nitrogen and oxygen atoms in total. The van der Waals surface area contributed by atoms with Gasteiger partial charge < -0.3 is 9.64 Å². The number of para-hydroxylation sites is 1. The molecule has 1 aromatic carbocycles. The molecule has 28 heavy (non-hydrogen) atoms. The summed E-state index contributed by atoms with van der Waals surface area (Å²) in [5, 5.41) is 7.54. The zero-order valence-corrected chi connectivity index (χ0v) is 16.5. The van der Waals surface area contributed by atoms with Gasteiger partial charge >= 0.3 is 0 Å². The van der Waals surface area contributed by atoms with Crippen molar-refractivity contribution in [1.29, 1.82) is 0 Å². The van der Waals surface area contributed by atoms with Crippen molar-refractivity contribution in [2.75, 3.05) is 24.6 Å². The maximum absolute atomic E-state index is 6.01. The molecule has 5 rings (SSSR count). The van der Waals surface area contributed by atoms with E-state index in [0.717, 1.165) is 52.6 Å². The number of fused-ring (bicyclic) bond motifs is 1. The first-order valence-corrected chi connectivity index (χ1v) is 10.3. The second-order valence-corrected chi connectivity index (χ2v) is 7.99. The zero-order chi connectivity index (χ0) is 18.9. The van der Waals surface area contributed by atoms with Gasteiger partial charge in [0.1, 0.15) is 5.82 Å². The molecule has 0 bridgehead atoms. The normalized spacial score (nSPS) is 17.3. The molecule has 1 unspecified atom stereocenters. The summed E-state index contributed by atoms with van der Waals surface area (Å²) >= 11 is 1.66. The average molecular weight is 392 g/mol. The Hall–Kier alpha value is -2.77. The molecule has 142 valence electrons. The predicted molar refractivity (Wildman–Crippen MR) is 112 cm³/mol. The molecule has 0 saturated carbocycles. The van der Waals surface area contributed by atoms with Crippen LogP contribution in [0.2, 0.25) is 0 Å². The van der Waals surface area contributed by atoms with Gasteiger partial charge in [0.05, 0.1) is 35.8 Å². The smallest absolute Gasteiger partial charge is 0.172 e. The number of nitrogens with zero attached hydrogens (tertiary/aromatic N) is 5. The third-order valence-corrected chi connectivity index (χ3v) is 5.78. The lowest BCUT2D eigenvalue weighted by Gasteiger charge is -2.34. The number of hydrogen-bond donors (Lipinski definition) is 0. The summed E-state index contributed by atoms with van der Waals surface area (Å²) < 4.78 is 7.97. The molecular formula is C21H21N5OS. The van der Waals surface area contributed by atoms with Gasteiger partial charge in [-0.2, -0.15) is 5.10 Å². The lowest BCUT2D eigenvalue weighted by Crippen LogP contribution is -2.44. The molecule has 0 aliphatic carbocycles. The number of rotatable bonds is 4.